The highest BCUT2D eigenvalue weighted by atomic mass is 35.5. The van der Waals surface area contributed by atoms with Gasteiger partial charge in [-0.2, -0.15) is 0 Å². The van der Waals surface area contributed by atoms with Crippen LogP contribution >= 0.6 is 23.4 Å². The number of rotatable bonds is 6. The molecule has 0 N–H and O–H groups in total. The standard InChI is InChI=1S/C28H26ClN5O4S/c29-21-6-8-22(9-7-21)30-28-33(19-20-4-2-1-3-5-20)26(35)18-25(39-28)27(36)32-16-14-31(15-17-32)23-10-12-24(13-11-23)34(37)38/h1-13,25H,14-19H2/t25-/m1/s1. The first-order chi connectivity index (χ1) is 18.9. The minimum Gasteiger partial charge on any atom is -0.368 e. The zero-order valence-corrected chi connectivity index (χ0v) is 22.6. The molecule has 5 rings (SSSR count). The van der Waals surface area contributed by atoms with Crippen molar-refractivity contribution in [2.75, 3.05) is 31.1 Å². The Bertz CT molecular complexity index is 1380. The molecule has 2 saturated heterocycles. The summed E-state index contributed by atoms with van der Waals surface area (Å²) >= 11 is 7.35. The van der Waals surface area contributed by atoms with Gasteiger partial charge in [0.2, 0.25) is 11.8 Å². The van der Waals surface area contributed by atoms with Crippen LogP contribution < -0.4 is 4.90 Å². The molecule has 2 amide bonds. The van der Waals surface area contributed by atoms with Crippen LogP contribution in [0.25, 0.3) is 0 Å². The molecule has 3 aromatic rings. The fourth-order valence-corrected chi connectivity index (χ4v) is 5.86. The number of halogens is 1. The largest absolute Gasteiger partial charge is 0.368 e. The first kappa shape index (κ1) is 26.7. The van der Waals surface area contributed by atoms with Gasteiger partial charge in [-0.1, -0.05) is 53.7 Å². The Hall–Kier alpha value is -3.89. The van der Waals surface area contributed by atoms with Crippen molar-refractivity contribution in [3.8, 4) is 0 Å². The van der Waals surface area contributed by atoms with Crippen LogP contribution in [-0.4, -0.2) is 63.1 Å². The number of non-ortho nitro benzene ring substituents is 1. The lowest BCUT2D eigenvalue weighted by Crippen LogP contribution is -2.53. The van der Waals surface area contributed by atoms with Crippen molar-refractivity contribution in [2.24, 2.45) is 4.99 Å². The quantitative estimate of drug-likeness (QED) is 0.305. The zero-order valence-electron chi connectivity index (χ0n) is 21.0. The molecule has 3 aromatic carbocycles. The van der Waals surface area contributed by atoms with Gasteiger partial charge in [0.25, 0.3) is 5.69 Å². The second-order valence-corrected chi connectivity index (χ2v) is 10.8. The average Bonchev–Trinajstić information content (AvgIpc) is 2.96. The van der Waals surface area contributed by atoms with Gasteiger partial charge < -0.3 is 9.80 Å². The molecule has 1 atom stereocenters. The summed E-state index contributed by atoms with van der Waals surface area (Å²) in [5.74, 6) is -0.229. The molecule has 0 radical (unpaired) electrons. The number of aliphatic imine (C=N–C) groups is 1. The van der Waals surface area contributed by atoms with Gasteiger partial charge in [0, 0.05) is 55.4 Å². The summed E-state index contributed by atoms with van der Waals surface area (Å²) in [6.45, 7) is 2.56. The SMILES string of the molecule is O=C([C@H]1CC(=O)N(Cc2ccccc2)C(=Nc2ccc(Cl)cc2)S1)N1CCN(c2ccc([N+](=O)[O-])cc2)CC1. The van der Waals surface area contributed by atoms with Crippen molar-refractivity contribution in [2.45, 2.75) is 18.2 Å². The summed E-state index contributed by atoms with van der Waals surface area (Å²) in [6, 6.07) is 23.2. The fraction of sp³-hybridized carbons (Fsp3) is 0.250. The summed E-state index contributed by atoms with van der Waals surface area (Å²) in [5, 5.41) is 11.4. The minimum atomic E-state index is -0.568. The molecule has 2 fully saturated rings. The molecule has 2 aliphatic heterocycles. The predicted octanol–water partition coefficient (Wildman–Crippen LogP) is 5.12. The molecular weight excluding hydrogens is 538 g/mol. The van der Waals surface area contributed by atoms with Crippen molar-refractivity contribution in [3.63, 3.8) is 0 Å². The Balaban J connectivity index is 1.29. The highest BCUT2D eigenvalue weighted by molar-refractivity contribution is 8.15. The number of piperazine rings is 1. The van der Waals surface area contributed by atoms with E-state index in [0.717, 1.165) is 11.3 Å². The van der Waals surface area contributed by atoms with E-state index in [-0.39, 0.29) is 23.9 Å². The molecule has 11 heteroatoms. The van der Waals surface area contributed by atoms with Crippen molar-refractivity contribution >= 4 is 57.4 Å². The maximum atomic E-state index is 13.5. The van der Waals surface area contributed by atoms with Gasteiger partial charge in [0.05, 0.1) is 17.2 Å². The Morgan fingerprint density at radius 3 is 2.28 bits per heavy atom. The highest BCUT2D eigenvalue weighted by Gasteiger charge is 2.38. The third-order valence-corrected chi connectivity index (χ3v) is 8.09. The van der Waals surface area contributed by atoms with Crippen molar-refractivity contribution in [1.29, 1.82) is 0 Å². The lowest BCUT2D eigenvalue weighted by atomic mass is 10.1. The second-order valence-electron chi connectivity index (χ2n) is 9.23. The second kappa shape index (κ2) is 11.9. The molecule has 0 unspecified atom stereocenters. The van der Waals surface area contributed by atoms with Crippen LogP contribution in [0.1, 0.15) is 12.0 Å². The Kier molecular flexibility index (Phi) is 8.13. The zero-order chi connectivity index (χ0) is 27.4. The van der Waals surface area contributed by atoms with Crippen molar-refractivity contribution < 1.29 is 14.5 Å². The van der Waals surface area contributed by atoms with Gasteiger partial charge in [-0.3, -0.25) is 24.6 Å². The van der Waals surface area contributed by atoms with Gasteiger partial charge in [-0.25, -0.2) is 4.99 Å². The van der Waals surface area contributed by atoms with E-state index < -0.39 is 10.2 Å². The third kappa shape index (κ3) is 6.40. The van der Waals surface area contributed by atoms with E-state index in [4.69, 9.17) is 16.6 Å². The molecule has 2 aliphatic rings. The van der Waals surface area contributed by atoms with E-state index in [1.54, 1.807) is 46.2 Å². The van der Waals surface area contributed by atoms with Crippen LogP contribution in [0.15, 0.2) is 83.9 Å². The number of amidine groups is 1. The summed E-state index contributed by atoms with van der Waals surface area (Å²) in [7, 11) is 0. The summed E-state index contributed by atoms with van der Waals surface area (Å²) in [4.78, 5) is 47.7. The number of nitro groups is 1. The lowest BCUT2D eigenvalue weighted by molar-refractivity contribution is -0.384. The summed E-state index contributed by atoms with van der Waals surface area (Å²) in [5.41, 5.74) is 2.55. The first-order valence-corrected chi connectivity index (χ1v) is 13.8. The number of nitro benzene ring substituents is 1. The number of hydrogen-bond donors (Lipinski definition) is 0. The molecule has 200 valence electrons. The topological polar surface area (TPSA) is 99.4 Å². The minimum absolute atomic E-state index is 0.0453. The molecule has 9 nitrogen and oxygen atoms in total. The van der Waals surface area contributed by atoms with Gasteiger partial charge in [0.15, 0.2) is 5.17 Å². The predicted molar refractivity (Wildman–Crippen MR) is 153 cm³/mol. The molecule has 2 heterocycles. The summed E-state index contributed by atoms with van der Waals surface area (Å²) in [6.07, 6.45) is 0.0958. The Labute approximate surface area is 235 Å². The van der Waals surface area contributed by atoms with Gasteiger partial charge >= 0.3 is 0 Å². The van der Waals surface area contributed by atoms with Crippen molar-refractivity contribution in [3.05, 3.63) is 99.6 Å². The van der Waals surface area contributed by atoms with Crippen LogP contribution in [0.2, 0.25) is 5.02 Å². The Morgan fingerprint density at radius 1 is 0.974 bits per heavy atom. The average molecular weight is 564 g/mol. The van der Waals surface area contributed by atoms with E-state index in [1.807, 2.05) is 30.3 Å². The molecule has 0 aromatic heterocycles. The number of carbonyl (C=O) groups is 2. The van der Waals surface area contributed by atoms with Gasteiger partial charge in [-0.05, 0) is 42.0 Å². The van der Waals surface area contributed by atoms with Crippen LogP contribution in [0.5, 0.6) is 0 Å². The maximum Gasteiger partial charge on any atom is 0.269 e. The van der Waals surface area contributed by atoms with Crippen LogP contribution in [-0.2, 0) is 16.1 Å². The number of hydrogen-bond acceptors (Lipinski definition) is 7. The molecule has 0 bridgehead atoms. The lowest BCUT2D eigenvalue weighted by Gasteiger charge is -2.39. The Morgan fingerprint density at radius 2 is 1.64 bits per heavy atom. The smallest absolute Gasteiger partial charge is 0.269 e. The van der Waals surface area contributed by atoms with E-state index in [2.05, 4.69) is 4.90 Å². The number of anilines is 1. The third-order valence-electron chi connectivity index (χ3n) is 6.67. The van der Waals surface area contributed by atoms with E-state index in [9.17, 15) is 19.7 Å². The normalized spacial score (nSPS) is 18.9. The number of benzene rings is 3. The summed E-state index contributed by atoms with van der Waals surface area (Å²) < 4.78 is 0. The molecule has 39 heavy (non-hydrogen) atoms. The maximum absolute atomic E-state index is 13.5. The van der Waals surface area contributed by atoms with Gasteiger partial charge in [0.1, 0.15) is 5.25 Å². The first-order valence-electron chi connectivity index (χ1n) is 12.5. The number of thioether (sulfide) groups is 1. The monoisotopic (exact) mass is 563 g/mol. The van der Waals surface area contributed by atoms with E-state index in [1.165, 1.54) is 23.9 Å². The number of amides is 2. The van der Waals surface area contributed by atoms with Crippen LogP contribution in [0, 0.1) is 10.1 Å². The fourth-order valence-electron chi connectivity index (χ4n) is 4.55. The molecular formula is C28H26ClN5O4S. The molecule has 0 aliphatic carbocycles. The van der Waals surface area contributed by atoms with Gasteiger partial charge in [-0.15, -0.1) is 0 Å². The van der Waals surface area contributed by atoms with Crippen LogP contribution in [0.4, 0.5) is 17.1 Å². The van der Waals surface area contributed by atoms with E-state index >= 15 is 0 Å². The van der Waals surface area contributed by atoms with E-state index in [0.29, 0.717) is 48.6 Å². The van der Waals surface area contributed by atoms with Crippen LogP contribution in [0.3, 0.4) is 0 Å². The number of nitrogens with zero attached hydrogens (tertiary/aromatic N) is 5. The molecule has 0 saturated carbocycles. The molecule has 0 spiro atoms. The highest BCUT2D eigenvalue weighted by Crippen LogP contribution is 2.32. The number of carbonyl (C=O) groups excluding carboxylic acids is 2. The van der Waals surface area contributed by atoms with Crippen molar-refractivity contribution in [1.82, 2.24) is 9.80 Å².